The average molecular weight is 276 g/mol. The first-order valence-electron chi connectivity index (χ1n) is 7.39. The number of aryl methyl sites for hydroxylation is 3. The first kappa shape index (κ1) is 12.9. The van der Waals surface area contributed by atoms with E-state index >= 15 is 0 Å². The minimum Gasteiger partial charge on any atom is -0.318 e. The fourth-order valence-corrected chi connectivity index (χ4v) is 4.15. The summed E-state index contributed by atoms with van der Waals surface area (Å²) in [5, 5.41) is 1.25. The highest BCUT2D eigenvalue weighted by Gasteiger charge is 2.22. The number of nitrogen functional groups attached to an aromatic ring is 1. The van der Waals surface area contributed by atoms with Crippen LogP contribution in [0.4, 0.5) is 5.82 Å². The Kier molecular flexibility index (Phi) is 3.69. The van der Waals surface area contributed by atoms with Crippen molar-refractivity contribution in [3.05, 3.63) is 16.8 Å². The molecule has 0 spiro atoms. The van der Waals surface area contributed by atoms with Crippen LogP contribution in [0.3, 0.4) is 0 Å². The highest BCUT2D eigenvalue weighted by molar-refractivity contribution is 7.18. The summed E-state index contributed by atoms with van der Waals surface area (Å²) in [5.41, 5.74) is 7.90. The molecule has 3 rings (SSSR count). The van der Waals surface area contributed by atoms with Gasteiger partial charge in [-0.25, -0.2) is 4.57 Å². The summed E-state index contributed by atoms with van der Waals surface area (Å²) in [6, 6.07) is 0. The Morgan fingerprint density at radius 3 is 3.00 bits per heavy atom. The van der Waals surface area contributed by atoms with E-state index in [1.807, 2.05) is 17.7 Å². The summed E-state index contributed by atoms with van der Waals surface area (Å²) in [7, 11) is 0. The SMILES string of the molecule is CCCC[n+]1cnc2sc3c(c2c1N)CCCCC3. The van der Waals surface area contributed by atoms with E-state index in [0.717, 1.165) is 23.6 Å². The molecular formula is C15H22N3S+. The number of fused-ring (bicyclic) bond motifs is 3. The zero-order valence-electron chi connectivity index (χ0n) is 11.6. The van der Waals surface area contributed by atoms with Crippen molar-refractivity contribution in [2.45, 2.75) is 58.4 Å². The van der Waals surface area contributed by atoms with Gasteiger partial charge in [-0.1, -0.05) is 24.7 Å². The van der Waals surface area contributed by atoms with E-state index in [1.165, 1.54) is 54.4 Å². The van der Waals surface area contributed by atoms with Crippen LogP contribution in [0.1, 0.15) is 49.5 Å². The Labute approximate surface area is 118 Å². The van der Waals surface area contributed by atoms with Crippen molar-refractivity contribution >= 4 is 27.4 Å². The molecule has 2 heterocycles. The molecule has 2 aromatic heterocycles. The molecule has 1 aliphatic carbocycles. The molecule has 0 radical (unpaired) electrons. The van der Waals surface area contributed by atoms with Gasteiger partial charge in [-0.15, -0.1) is 11.3 Å². The second-order valence-electron chi connectivity index (χ2n) is 5.42. The zero-order chi connectivity index (χ0) is 13.2. The predicted molar refractivity (Wildman–Crippen MR) is 80.4 cm³/mol. The van der Waals surface area contributed by atoms with E-state index in [1.54, 1.807) is 0 Å². The largest absolute Gasteiger partial charge is 0.318 e. The molecule has 0 atom stereocenters. The van der Waals surface area contributed by atoms with Crippen LogP contribution in [0.15, 0.2) is 6.33 Å². The molecule has 4 heteroatoms. The van der Waals surface area contributed by atoms with Crippen molar-refractivity contribution in [3.8, 4) is 0 Å². The summed E-state index contributed by atoms with van der Waals surface area (Å²) < 4.78 is 2.13. The molecule has 0 unspecified atom stereocenters. The topological polar surface area (TPSA) is 42.8 Å². The summed E-state index contributed by atoms with van der Waals surface area (Å²) in [6.45, 7) is 3.19. The van der Waals surface area contributed by atoms with Gasteiger partial charge in [0.15, 0.2) is 0 Å². The Morgan fingerprint density at radius 2 is 2.16 bits per heavy atom. The van der Waals surface area contributed by atoms with Gasteiger partial charge in [-0.3, -0.25) is 0 Å². The minimum atomic E-state index is 0.929. The van der Waals surface area contributed by atoms with Crippen molar-refractivity contribution in [2.75, 3.05) is 5.73 Å². The van der Waals surface area contributed by atoms with Crippen LogP contribution in [-0.4, -0.2) is 4.98 Å². The predicted octanol–water partition coefficient (Wildman–Crippen LogP) is 3.24. The number of thiophene rings is 1. The number of hydrogen-bond acceptors (Lipinski definition) is 3. The molecule has 19 heavy (non-hydrogen) atoms. The third-order valence-corrected chi connectivity index (χ3v) is 5.24. The first-order valence-corrected chi connectivity index (χ1v) is 8.21. The van der Waals surface area contributed by atoms with Crippen LogP contribution in [-0.2, 0) is 19.4 Å². The van der Waals surface area contributed by atoms with Crippen molar-refractivity contribution < 1.29 is 4.57 Å². The Balaban J connectivity index is 2.10. The molecule has 0 fully saturated rings. The maximum absolute atomic E-state index is 6.41. The average Bonchev–Trinajstić information content (AvgIpc) is 2.61. The summed E-state index contributed by atoms with van der Waals surface area (Å²) in [4.78, 5) is 7.30. The molecule has 0 saturated heterocycles. The van der Waals surface area contributed by atoms with Crippen LogP contribution >= 0.6 is 11.3 Å². The molecular weight excluding hydrogens is 254 g/mol. The maximum atomic E-state index is 6.41. The Bertz CT molecular complexity index is 589. The number of anilines is 1. The third kappa shape index (κ3) is 2.34. The summed E-state index contributed by atoms with van der Waals surface area (Å²) in [5.74, 6) is 0.929. The quantitative estimate of drug-likeness (QED) is 0.691. The van der Waals surface area contributed by atoms with Crippen LogP contribution in [0.2, 0.25) is 0 Å². The van der Waals surface area contributed by atoms with Crippen molar-refractivity contribution in [3.63, 3.8) is 0 Å². The highest BCUT2D eigenvalue weighted by Crippen LogP contribution is 2.36. The molecule has 1 aliphatic rings. The van der Waals surface area contributed by atoms with E-state index in [4.69, 9.17) is 5.73 Å². The molecule has 2 aromatic rings. The lowest BCUT2D eigenvalue weighted by molar-refractivity contribution is -0.684. The number of nitrogens with zero attached hydrogens (tertiary/aromatic N) is 2. The monoisotopic (exact) mass is 276 g/mol. The Morgan fingerprint density at radius 1 is 1.32 bits per heavy atom. The van der Waals surface area contributed by atoms with Crippen LogP contribution in [0, 0.1) is 0 Å². The van der Waals surface area contributed by atoms with Crippen LogP contribution in [0.25, 0.3) is 10.2 Å². The van der Waals surface area contributed by atoms with E-state index in [0.29, 0.717) is 0 Å². The van der Waals surface area contributed by atoms with E-state index in [-0.39, 0.29) is 0 Å². The van der Waals surface area contributed by atoms with Gasteiger partial charge in [0.1, 0.15) is 5.39 Å². The number of nitrogens with two attached hydrogens (primary N) is 1. The van der Waals surface area contributed by atoms with Gasteiger partial charge in [0.2, 0.25) is 17.0 Å². The van der Waals surface area contributed by atoms with E-state index in [2.05, 4.69) is 16.5 Å². The van der Waals surface area contributed by atoms with Crippen molar-refractivity contribution in [1.29, 1.82) is 0 Å². The number of hydrogen-bond donors (Lipinski definition) is 1. The second kappa shape index (κ2) is 5.45. The maximum Gasteiger partial charge on any atom is 0.231 e. The Hall–Kier alpha value is -1.16. The number of rotatable bonds is 3. The number of unbranched alkanes of at least 4 members (excludes halogenated alkanes) is 1. The molecule has 0 amide bonds. The standard InChI is InChI=1S/C15H21N3S/c1-2-3-9-18-10-17-15-13(14(18)16)11-7-5-4-6-8-12(11)19-15/h10,16H,2-9H2,1H3/p+1. The molecule has 0 bridgehead atoms. The minimum absolute atomic E-state index is 0.929. The summed E-state index contributed by atoms with van der Waals surface area (Å²) >= 11 is 1.86. The normalized spacial score (nSPS) is 15.4. The molecule has 3 nitrogen and oxygen atoms in total. The van der Waals surface area contributed by atoms with Crippen LogP contribution in [0.5, 0.6) is 0 Å². The third-order valence-electron chi connectivity index (χ3n) is 4.04. The zero-order valence-corrected chi connectivity index (χ0v) is 12.4. The van der Waals surface area contributed by atoms with Gasteiger partial charge in [0.25, 0.3) is 0 Å². The van der Waals surface area contributed by atoms with Crippen molar-refractivity contribution in [1.82, 2.24) is 4.98 Å². The van der Waals surface area contributed by atoms with Gasteiger partial charge in [-0.05, 0) is 37.7 Å². The molecule has 0 aromatic carbocycles. The van der Waals surface area contributed by atoms with Crippen molar-refractivity contribution in [2.24, 2.45) is 0 Å². The number of aromatic nitrogens is 2. The lowest BCUT2D eigenvalue weighted by Crippen LogP contribution is -2.37. The fourth-order valence-electron chi connectivity index (χ4n) is 2.92. The smallest absolute Gasteiger partial charge is 0.231 e. The second-order valence-corrected chi connectivity index (χ2v) is 6.50. The fraction of sp³-hybridized carbons (Fsp3) is 0.600. The molecule has 0 aliphatic heterocycles. The van der Waals surface area contributed by atoms with Crippen LogP contribution < -0.4 is 10.3 Å². The molecule has 0 saturated carbocycles. The first-order chi connectivity index (χ1) is 9.31. The van der Waals surface area contributed by atoms with E-state index in [9.17, 15) is 0 Å². The van der Waals surface area contributed by atoms with Gasteiger partial charge in [0, 0.05) is 4.88 Å². The van der Waals surface area contributed by atoms with Gasteiger partial charge >= 0.3 is 0 Å². The highest BCUT2D eigenvalue weighted by atomic mass is 32.1. The van der Waals surface area contributed by atoms with Gasteiger partial charge in [0.05, 0.1) is 6.54 Å². The van der Waals surface area contributed by atoms with E-state index < -0.39 is 0 Å². The summed E-state index contributed by atoms with van der Waals surface area (Å²) in [6.07, 6.45) is 10.6. The lowest BCUT2D eigenvalue weighted by atomic mass is 10.1. The van der Waals surface area contributed by atoms with Gasteiger partial charge in [-0.2, -0.15) is 0 Å². The molecule has 2 N–H and O–H groups in total. The molecule has 102 valence electrons. The van der Waals surface area contributed by atoms with Gasteiger partial charge < -0.3 is 5.73 Å². The lowest BCUT2D eigenvalue weighted by Gasteiger charge is -2.04.